The largest absolute Gasteiger partial charge is 0.364 e. The van der Waals surface area contributed by atoms with Crippen LogP contribution in [0.3, 0.4) is 0 Å². The number of unbranched alkanes of at least 4 members (excludes halogenated alkanes) is 1. The molecule has 84 valence electrons. The predicted molar refractivity (Wildman–Crippen MR) is 66.8 cm³/mol. The molecule has 0 unspecified atom stereocenters. The second-order valence-electron chi connectivity index (χ2n) is 3.94. The van der Waals surface area contributed by atoms with Gasteiger partial charge in [0.25, 0.3) is 0 Å². The van der Waals surface area contributed by atoms with Crippen molar-refractivity contribution in [1.82, 2.24) is 4.98 Å². The molecule has 1 aromatic heterocycles. The highest BCUT2D eigenvalue weighted by atomic mass is 14.7. The molecule has 2 nitrogen and oxygen atoms in total. The van der Waals surface area contributed by atoms with Gasteiger partial charge in [-0.25, -0.2) is 0 Å². The molecular weight excluding hydrogens is 184 g/mol. The summed E-state index contributed by atoms with van der Waals surface area (Å²) >= 11 is 0. The Morgan fingerprint density at radius 3 is 2.80 bits per heavy atom. The van der Waals surface area contributed by atoms with E-state index in [2.05, 4.69) is 36.8 Å². The summed E-state index contributed by atoms with van der Waals surface area (Å²) in [4.78, 5) is 7.89. The van der Waals surface area contributed by atoms with Crippen molar-refractivity contribution >= 4 is 5.71 Å². The molecule has 0 aliphatic carbocycles. The predicted octanol–water partition coefficient (Wildman–Crippen LogP) is 3.58. The van der Waals surface area contributed by atoms with Gasteiger partial charge < -0.3 is 4.98 Å². The molecule has 15 heavy (non-hydrogen) atoms. The fourth-order valence-electron chi connectivity index (χ4n) is 1.69. The van der Waals surface area contributed by atoms with Crippen LogP contribution in [0.1, 0.15) is 51.3 Å². The summed E-state index contributed by atoms with van der Waals surface area (Å²) in [6, 6.07) is 2.13. The van der Waals surface area contributed by atoms with Gasteiger partial charge in [0.15, 0.2) is 0 Å². The van der Waals surface area contributed by atoms with E-state index in [4.69, 9.17) is 0 Å². The van der Waals surface area contributed by atoms with Crippen LogP contribution in [-0.4, -0.2) is 17.2 Å². The molecule has 0 saturated carbocycles. The van der Waals surface area contributed by atoms with Gasteiger partial charge in [0, 0.05) is 29.7 Å². The van der Waals surface area contributed by atoms with Crippen molar-refractivity contribution < 1.29 is 0 Å². The van der Waals surface area contributed by atoms with E-state index in [1.54, 1.807) is 0 Å². The molecule has 2 heteroatoms. The molecule has 0 atom stereocenters. The van der Waals surface area contributed by atoms with Crippen molar-refractivity contribution in [3.8, 4) is 0 Å². The minimum Gasteiger partial charge on any atom is -0.364 e. The lowest BCUT2D eigenvalue weighted by molar-refractivity contribution is 0.807. The number of nitrogens with zero attached hydrogens (tertiary/aromatic N) is 1. The van der Waals surface area contributed by atoms with E-state index in [9.17, 15) is 0 Å². The Bertz CT molecular complexity index is 310. The molecule has 1 aromatic rings. The van der Waals surface area contributed by atoms with Gasteiger partial charge in [0.05, 0.1) is 0 Å². The fourth-order valence-corrected chi connectivity index (χ4v) is 1.69. The van der Waals surface area contributed by atoms with Crippen molar-refractivity contribution in [2.24, 2.45) is 4.99 Å². The Balaban J connectivity index is 2.67. The average molecular weight is 206 g/mol. The second kappa shape index (κ2) is 6.44. The SMILES string of the molecule is CCCCN=C(C)c1cc[nH]c1CCC. The van der Waals surface area contributed by atoms with Crippen LogP contribution < -0.4 is 0 Å². The number of aromatic nitrogens is 1. The van der Waals surface area contributed by atoms with Gasteiger partial charge in [-0.15, -0.1) is 0 Å². The second-order valence-corrected chi connectivity index (χ2v) is 3.94. The highest BCUT2D eigenvalue weighted by Gasteiger charge is 2.04. The van der Waals surface area contributed by atoms with E-state index in [1.165, 1.54) is 36.2 Å². The normalized spacial score (nSPS) is 12.1. The van der Waals surface area contributed by atoms with Crippen LogP contribution in [0.4, 0.5) is 0 Å². The van der Waals surface area contributed by atoms with Crippen molar-refractivity contribution in [3.63, 3.8) is 0 Å². The molecule has 0 bridgehead atoms. The summed E-state index contributed by atoms with van der Waals surface area (Å²) in [6.07, 6.45) is 6.70. The molecule has 0 saturated heterocycles. The number of hydrogen-bond acceptors (Lipinski definition) is 1. The molecule has 0 aliphatic rings. The van der Waals surface area contributed by atoms with E-state index < -0.39 is 0 Å². The first-order chi connectivity index (χ1) is 7.29. The minimum absolute atomic E-state index is 0.957. The summed E-state index contributed by atoms with van der Waals surface area (Å²) in [5, 5.41) is 0. The fraction of sp³-hybridized carbons (Fsp3) is 0.615. The van der Waals surface area contributed by atoms with Crippen LogP contribution in [0.15, 0.2) is 17.3 Å². The number of H-pyrrole nitrogens is 1. The van der Waals surface area contributed by atoms with Gasteiger partial charge >= 0.3 is 0 Å². The van der Waals surface area contributed by atoms with E-state index in [0.717, 1.165) is 13.0 Å². The lowest BCUT2D eigenvalue weighted by Crippen LogP contribution is -2.00. The van der Waals surface area contributed by atoms with Crippen LogP contribution in [-0.2, 0) is 6.42 Å². The summed E-state index contributed by atoms with van der Waals surface area (Å²) in [5.74, 6) is 0. The number of nitrogens with one attached hydrogen (secondary N) is 1. The maximum Gasteiger partial charge on any atom is 0.0407 e. The molecule has 1 heterocycles. The van der Waals surface area contributed by atoms with E-state index in [-0.39, 0.29) is 0 Å². The number of aliphatic imine (C=N–C) groups is 1. The highest BCUT2D eigenvalue weighted by molar-refractivity contribution is 5.99. The van der Waals surface area contributed by atoms with Crippen molar-refractivity contribution in [1.29, 1.82) is 0 Å². The van der Waals surface area contributed by atoms with Crippen LogP contribution >= 0.6 is 0 Å². The third kappa shape index (κ3) is 3.54. The van der Waals surface area contributed by atoms with Crippen LogP contribution in [0.5, 0.6) is 0 Å². The summed E-state index contributed by atoms with van der Waals surface area (Å²) in [5.41, 5.74) is 3.80. The molecule has 0 aromatic carbocycles. The van der Waals surface area contributed by atoms with Crippen LogP contribution in [0, 0.1) is 0 Å². The first-order valence-corrected chi connectivity index (χ1v) is 5.97. The number of aromatic amines is 1. The standard InChI is InChI=1S/C13H22N2/c1-4-6-9-14-11(3)12-8-10-15-13(12)7-5-2/h8,10,15H,4-7,9H2,1-3H3. The molecular formula is C13H22N2. The molecule has 0 radical (unpaired) electrons. The zero-order valence-electron chi connectivity index (χ0n) is 10.1. The van der Waals surface area contributed by atoms with Gasteiger partial charge in [-0.1, -0.05) is 26.7 Å². The van der Waals surface area contributed by atoms with Crippen molar-refractivity contribution in [2.45, 2.75) is 46.5 Å². The molecule has 0 fully saturated rings. The van der Waals surface area contributed by atoms with E-state index >= 15 is 0 Å². The summed E-state index contributed by atoms with van der Waals surface area (Å²) in [7, 11) is 0. The Hall–Kier alpha value is -1.05. The average Bonchev–Trinajstić information content (AvgIpc) is 2.67. The quantitative estimate of drug-likeness (QED) is 0.544. The number of hydrogen-bond donors (Lipinski definition) is 1. The maximum atomic E-state index is 4.60. The van der Waals surface area contributed by atoms with Crippen LogP contribution in [0.2, 0.25) is 0 Å². The van der Waals surface area contributed by atoms with Crippen molar-refractivity contribution in [3.05, 3.63) is 23.5 Å². The molecule has 0 amide bonds. The van der Waals surface area contributed by atoms with E-state index in [0.29, 0.717) is 0 Å². The Morgan fingerprint density at radius 2 is 2.13 bits per heavy atom. The van der Waals surface area contributed by atoms with Crippen molar-refractivity contribution in [2.75, 3.05) is 6.54 Å². The summed E-state index contributed by atoms with van der Waals surface area (Å²) < 4.78 is 0. The Morgan fingerprint density at radius 1 is 1.33 bits per heavy atom. The topological polar surface area (TPSA) is 28.1 Å². The van der Waals surface area contributed by atoms with Gasteiger partial charge in [0.2, 0.25) is 0 Å². The Labute approximate surface area is 92.8 Å². The maximum absolute atomic E-state index is 4.60. The first kappa shape index (κ1) is 12.0. The van der Waals surface area contributed by atoms with Gasteiger partial charge in [0.1, 0.15) is 0 Å². The molecule has 1 N–H and O–H groups in total. The molecule has 0 spiro atoms. The minimum atomic E-state index is 0.957. The molecule has 1 rings (SSSR count). The van der Waals surface area contributed by atoms with Gasteiger partial charge in [-0.2, -0.15) is 0 Å². The third-order valence-corrected chi connectivity index (χ3v) is 2.58. The lowest BCUT2D eigenvalue weighted by Gasteiger charge is -2.02. The van der Waals surface area contributed by atoms with Crippen LogP contribution in [0.25, 0.3) is 0 Å². The molecule has 0 aliphatic heterocycles. The third-order valence-electron chi connectivity index (χ3n) is 2.58. The zero-order chi connectivity index (χ0) is 11.1. The number of aryl methyl sites for hydroxylation is 1. The lowest BCUT2D eigenvalue weighted by atomic mass is 10.1. The first-order valence-electron chi connectivity index (χ1n) is 5.97. The van der Waals surface area contributed by atoms with Gasteiger partial charge in [-0.05, 0) is 25.8 Å². The monoisotopic (exact) mass is 206 g/mol. The zero-order valence-corrected chi connectivity index (χ0v) is 10.1. The Kier molecular flexibility index (Phi) is 5.16. The number of rotatable bonds is 6. The van der Waals surface area contributed by atoms with Gasteiger partial charge in [-0.3, -0.25) is 4.99 Å². The smallest absolute Gasteiger partial charge is 0.0407 e. The summed E-state index contributed by atoms with van der Waals surface area (Å²) in [6.45, 7) is 7.47. The highest BCUT2D eigenvalue weighted by Crippen LogP contribution is 2.10. The van der Waals surface area contributed by atoms with E-state index in [1.807, 2.05) is 6.20 Å².